The Hall–Kier alpha value is -1.20. The Morgan fingerprint density at radius 1 is 1.12 bits per heavy atom. The molecule has 0 aromatic carbocycles. The quantitative estimate of drug-likeness (QED) is 0.201. The van der Waals surface area contributed by atoms with E-state index in [-0.39, 0.29) is 25.2 Å². The molecule has 0 unspecified atom stereocenters. The molecule has 0 aliphatic rings. The van der Waals surface area contributed by atoms with Crippen molar-refractivity contribution in [1.82, 2.24) is 0 Å². The zero-order chi connectivity index (χ0) is 20.1. The molecule has 0 aliphatic heterocycles. The molecular formula is C14H22F4O6S. The van der Waals surface area contributed by atoms with Crippen LogP contribution in [0.1, 0.15) is 40.0 Å². The second-order valence-electron chi connectivity index (χ2n) is 6.31. The van der Waals surface area contributed by atoms with E-state index in [1.165, 1.54) is 0 Å². The van der Waals surface area contributed by atoms with E-state index in [9.17, 15) is 30.8 Å². The molecule has 0 fully saturated rings. The van der Waals surface area contributed by atoms with Crippen LogP contribution in [0.3, 0.4) is 0 Å². The molecule has 0 bridgehead atoms. The third-order valence-electron chi connectivity index (χ3n) is 2.74. The highest BCUT2D eigenvalue weighted by Crippen LogP contribution is 2.41. The summed E-state index contributed by atoms with van der Waals surface area (Å²) in [4.78, 5) is 11.5. The number of unbranched alkanes of at least 4 members (excludes halogenated alkanes) is 1. The van der Waals surface area contributed by atoms with Crippen LogP contribution in [0.5, 0.6) is 0 Å². The fourth-order valence-corrected chi connectivity index (χ4v) is 1.97. The van der Waals surface area contributed by atoms with Gasteiger partial charge in [-0.05, 0) is 33.6 Å². The molecule has 0 spiro atoms. The van der Waals surface area contributed by atoms with Gasteiger partial charge in [-0.3, -0.25) is 4.55 Å². The molecule has 0 saturated carbocycles. The minimum absolute atomic E-state index is 0.00170. The molecule has 11 heteroatoms. The minimum atomic E-state index is -6.22. The van der Waals surface area contributed by atoms with Gasteiger partial charge in [-0.2, -0.15) is 26.0 Å². The zero-order valence-corrected chi connectivity index (χ0v) is 15.0. The summed E-state index contributed by atoms with van der Waals surface area (Å²) in [6.07, 6.45) is -2.05. The van der Waals surface area contributed by atoms with Crippen molar-refractivity contribution in [2.24, 2.45) is 0 Å². The van der Waals surface area contributed by atoms with Crippen LogP contribution in [0, 0.1) is 0 Å². The van der Waals surface area contributed by atoms with Crippen LogP contribution >= 0.6 is 0 Å². The highest BCUT2D eigenvalue weighted by atomic mass is 32.2. The van der Waals surface area contributed by atoms with Crippen LogP contribution in [0.25, 0.3) is 0 Å². The van der Waals surface area contributed by atoms with E-state index in [1.54, 1.807) is 20.8 Å². The Bertz CT molecular complexity index is 581. The summed E-state index contributed by atoms with van der Waals surface area (Å²) in [6, 6.07) is 0. The van der Waals surface area contributed by atoms with E-state index in [1.807, 2.05) is 0 Å². The molecule has 148 valence electrons. The Labute approximate surface area is 143 Å². The van der Waals surface area contributed by atoms with Crippen LogP contribution in [-0.4, -0.2) is 48.9 Å². The highest BCUT2D eigenvalue weighted by molar-refractivity contribution is 7.87. The summed E-state index contributed by atoms with van der Waals surface area (Å²) in [5.41, 5.74) is -0.720. The van der Waals surface area contributed by atoms with E-state index >= 15 is 0 Å². The van der Waals surface area contributed by atoms with Gasteiger partial charge in [-0.1, -0.05) is 6.58 Å². The molecule has 0 saturated heterocycles. The molecule has 0 aliphatic carbocycles. The molecule has 0 atom stereocenters. The maximum Gasteiger partial charge on any atom is 0.431 e. The third kappa shape index (κ3) is 7.70. The maximum atomic E-state index is 13.2. The van der Waals surface area contributed by atoms with Gasteiger partial charge in [0.05, 0.1) is 12.2 Å². The lowest BCUT2D eigenvalue weighted by Crippen LogP contribution is -2.46. The average Bonchev–Trinajstić information content (AvgIpc) is 2.38. The first-order chi connectivity index (χ1) is 11.0. The second kappa shape index (κ2) is 8.45. The van der Waals surface area contributed by atoms with E-state index in [0.29, 0.717) is 0 Å². The molecule has 0 aromatic heterocycles. The maximum absolute atomic E-state index is 13.2. The van der Waals surface area contributed by atoms with Crippen molar-refractivity contribution in [2.75, 3.05) is 13.2 Å². The normalized spacial score (nSPS) is 13.6. The van der Waals surface area contributed by atoms with E-state index in [4.69, 9.17) is 14.0 Å². The standard InChI is InChI=1S/C14H22F4O6S/c1-10(11(19)24-12(2,3)4)9-23-8-6-5-7-13(15,16)14(17,18)25(20,21)22/h1,5-9H2,2-4H3,(H,20,21,22). The van der Waals surface area contributed by atoms with Crippen LogP contribution in [0.4, 0.5) is 17.6 Å². The number of hydrogen-bond acceptors (Lipinski definition) is 5. The van der Waals surface area contributed by atoms with E-state index in [0.717, 1.165) is 0 Å². The summed E-state index contributed by atoms with van der Waals surface area (Å²) in [6.45, 7) is 8.03. The van der Waals surface area contributed by atoms with Gasteiger partial charge in [0, 0.05) is 13.0 Å². The zero-order valence-electron chi connectivity index (χ0n) is 14.2. The van der Waals surface area contributed by atoms with Gasteiger partial charge >= 0.3 is 27.3 Å². The molecular weight excluding hydrogens is 372 g/mol. The summed E-state index contributed by atoms with van der Waals surface area (Å²) in [5, 5.41) is -5.56. The van der Waals surface area contributed by atoms with Gasteiger partial charge in [-0.15, -0.1) is 0 Å². The minimum Gasteiger partial charge on any atom is -0.457 e. The fraction of sp³-hybridized carbons (Fsp3) is 0.786. The van der Waals surface area contributed by atoms with Gasteiger partial charge in [-0.25, -0.2) is 4.79 Å². The highest BCUT2D eigenvalue weighted by Gasteiger charge is 2.64. The monoisotopic (exact) mass is 394 g/mol. The predicted molar refractivity (Wildman–Crippen MR) is 81.1 cm³/mol. The number of halogens is 4. The summed E-state index contributed by atoms with van der Waals surface area (Å²) < 4.78 is 91.1. The summed E-state index contributed by atoms with van der Waals surface area (Å²) in [5.74, 6) is -5.60. The number of hydrogen-bond donors (Lipinski definition) is 1. The van der Waals surface area contributed by atoms with E-state index in [2.05, 4.69) is 6.58 Å². The number of carbonyl (C=O) groups is 1. The third-order valence-corrected chi connectivity index (χ3v) is 3.69. The first-order valence-electron chi connectivity index (χ1n) is 7.23. The number of alkyl halides is 4. The predicted octanol–water partition coefficient (Wildman–Crippen LogP) is 3.19. The topological polar surface area (TPSA) is 89.9 Å². The van der Waals surface area contributed by atoms with Crippen LogP contribution in [0.15, 0.2) is 12.2 Å². The lowest BCUT2D eigenvalue weighted by Gasteiger charge is -2.23. The van der Waals surface area contributed by atoms with Crippen molar-refractivity contribution >= 4 is 16.1 Å². The van der Waals surface area contributed by atoms with Gasteiger partial charge in [0.25, 0.3) is 0 Å². The number of carbonyl (C=O) groups excluding carboxylic acids is 1. The van der Waals surface area contributed by atoms with Crippen molar-refractivity contribution in [2.45, 2.75) is 56.8 Å². The molecule has 0 radical (unpaired) electrons. The molecule has 0 heterocycles. The first-order valence-corrected chi connectivity index (χ1v) is 8.67. The second-order valence-corrected chi connectivity index (χ2v) is 7.77. The Morgan fingerprint density at radius 3 is 2.08 bits per heavy atom. The van der Waals surface area contributed by atoms with Gasteiger partial charge in [0.15, 0.2) is 0 Å². The largest absolute Gasteiger partial charge is 0.457 e. The molecule has 1 N–H and O–H groups in total. The van der Waals surface area contributed by atoms with Crippen molar-refractivity contribution < 1.29 is 44.8 Å². The molecule has 0 amide bonds. The SMILES string of the molecule is C=C(COCCCCC(F)(F)C(F)(F)S(=O)(=O)O)C(=O)OC(C)(C)C. The first kappa shape index (κ1) is 23.8. The lowest BCUT2D eigenvalue weighted by molar-refractivity contribution is -0.165. The van der Waals surface area contributed by atoms with Crippen molar-refractivity contribution in [3.63, 3.8) is 0 Å². The van der Waals surface area contributed by atoms with Crippen molar-refractivity contribution in [3.8, 4) is 0 Å². The van der Waals surface area contributed by atoms with Gasteiger partial charge < -0.3 is 9.47 Å². The van der Waals surface area contributed by atoms with Crippen molar-refractivity contribution in [3.05, 3.63) is 12.2 Å². The Morgan fingerprint density at radius 2 is 1.64 bits per heavy atom. The van der Waals surface area contributed by atoms with Crippen LogP contribution in [-0.2, 0) is 24.4 Å². The number of ether oxygens (including phenoxy) is 2. The van der Waals surface area contributed by atoms with Crippen molar-refractivity contribution in [1.29, 1.82) is 0 Å². The summed E-state index contributed by atoms with van der Waals surface area (Å²) >= 11 is 0. The Kier molecular flexibility index (Phi) is 8.05. The Balaban J connectivity index is 4.20. The molecule has 0 rings (SSSR count). The number of rotatable bonds is 10. The smallest absolute Gasteiger partial charge is 0.431 e. The fourth-order valence-electron chi connectivity index (χ4n) is 1.49. The number of esters is 1. The molecule has 6 nitrogen and oxygen atoms in total. The van der Waals surface area contributed by atoms with Crippen LogP contribution in [0.2, 0.25) is 0 Å². The average molecular weight is 394 g/mol. The van der Waals surface area contributed by atoms with Crippen LogP contribution < -0.4 is 0 Å². The lowest BCUT2D eigenvalue weighted by atomic mass is 10.1. The molecule has 0 aromatic rings. The van der Waals surface area contributed by atoms with Gasteiger partial charge in [0.1, 0.15) is 5.60 Å². The van der Waals surface area contributed by atoms with Gasteiger partial charge in [0.2, 0.25) is 0 Å². The van der Waals surface area contributed by atoms with E-state index < -0.39 is 45.7 Å². The summed E-state index contributed by atoms with van der Waals surface area (Å²) in [7, 11) is -6.22. The molecule has 25 heavy (non-hydrogen) atoms.